The molecule has 0 aliphatic carbocycles. The van der Waals surface area contributed by atoms with Gasteiger partial charge in [-0.25, -0.2) is 14.4 Å². The van der Waals surface area contributed by atoms with Crippen LogP contribution >= 0.6 is 11.8 Å². The summed E-state index contributed by atoms with van der Waals surface area (Å²) in [6, 6.07) is 15.2. The van der Waals surface area contributed by atoms with E-state index in [1.807, 2.05) is 13.0 Å². The number of hydrogen-bond acceptors (Lipinski definition) is 12. The van der Waals surface area contributed by atoms with Crippen LogP contribution in [0.3, 0.4) is 0 Å². The van der Waals surface area contributed by atoms with E-state index in [1.54, 1.807) is 48.5 Å². The molecule has 0 fully saturated rings. The third kappa shape index (κ3) is 13.7. The molecule has 270 valence electrons. The first-order valence-corrected chi connectivity index (χ1v) is 16.9. The summed E-state index contributed by atoms with van der Waals surface area (Å²) in [5.41, 5.74) is 1.78. The van der Waals surface area contributed by atoms with Crippen molar-refractivity contribution in [2.75, 3.05) is 40.6 Å². The van der Waals surface area contributed by atoms with Crippen molar-refractivity contribution in [3.63, 3.8) is 0 Å². The van der Waals surface area contributed by atoms with Crippen LogP contribution in [-0.4, -0.2) is 63.7 Å². The molecule has 0 unspecified atom stereocenters. The van der Waals surface area contributed by atoms with Crippen molar-refractivity contribution < 1.29 is 52.3 Å². The maximum Gasteiger partial charge on any atom is 0.343 e. The van der Waals surface area contributed by atoms with Crippen molar-refractivity contribution >= 4 is 40.9 Å². The van der Waals surface area contributed by atoms with Crippen LogP contribution in [0.4, 0.5) is 0 Å². The zero-order chi connectivity index (χ0) is 37.0. The molecular weight excluding hydrogens is 676 g/mol. The predicted molar refractivity (Wildman–Crippen MR) is 194 cm³/mol. The summed E-state index contributed by atoms with van der Waals surface area (Å²) < 4.78 is 37.9. The van der Waals surface area contributed by atoms with E-state index in [0.717, 1.165) is 35.0 Å². The second-order valence-electron chi connectivity index (χ2n) is 10.7. The number of methoxy groups -OCH3 is 2. The van der Waals surface area contributed by atoms with Crippen molar-refractivity contribution in [3.05, 3.63) is 103 Å². The Morgan fingerprint density at radius 3 is 1.82 bits per heavy atom. The average molecular weight is 719 g/mol. The zero-order valence-corrected chi connectivity index (χ0v) is 29.8. The molecule has 0 heterocycles. The highest BCUT2D eigenvalue weighted by Gasteiger charge is 2.15. The van der Waals surface area contributed by atoms with Gasteiger partial charge in [-0.2, -0.15) is 0 Å². The Morgan fingerprint density at radius 2 is 1.25 bits per heavy atom. The maximum atomic E-state index is 12.9. The molecule has 0 aliphatic rings. The number of ether oxygens (including phenoxy) is 7. The lowest BCUT2D eigenvalue weighted by molar-refractivity contribution is -0.138. The fourth-order valence-electron chi connectivity index (χ4n) is 4.33. The smallest absolute Gasteiger partial charge is 0.343 e. The summed E-state index contributed by atoms with van der Waals surface area (Å²) in [6.45, 7) is 9.89. The van der Waals surface area contributed by atoms with Gasteiger partial charge in [0, 0.05) is 17.0 Å². The van der Waals surface area contributed by atoms with E-state index in [1.165, 1.54) is 26.4 Å². The number of rotatable bonds is 21. The molecule has 3 rings (SSSR count). The molecule has 3 aromatic carbocycles. The summed E-state index contributed by atoms with van der Waals surface area (Å²) in [5, 5.41) is -0.190. The Labute approximate surface area is 302 Å². The van der Waals surface area contributed by atoms with Crippen LogP contribution in [0.5, 0.6) is 28.7 Å². The van der Waals surface area contributed by atoms with E-state index in [9.17, 15) is 19.2 Å². The molecule has 0 atom stereocenters. The van der Waals surface area contributed by atoms with Gasteiger partial charge in [-0.1, -0.05) is 25.3 Å². The molecule has 0 aliphatic heterocycles. The van der Waals surface area contributed by atoms with Crippen molar-refractivity contribution in [2.45, 2.75) is 37.5 Å². The Hall–Kier alpha value is -5.49. The third-order valence-corrected chi connectivity index (χ3v) is 8.00. The number of carbonyl (C=O) groups excluding carboxylic acids is 4. The molecule has 51 heavy (non-hydrogen) atoms. The molecule has 11 nitrogen and oxygen atoms in total. The van der Waals surface area contributed by atoms with Gasteiger partial charge in [-0.15, -0.1) is 0 Å². The number of hydrogen-bond donors (Lipinski definition) is 0. The first kappa shape index (κ1) is 39.9. The van der Waals surface area contributed by atoms with Crippen molar-refractivity contribution in [3.8, 4) is 28.7 Å². The molecular formula is C39H42O11S. The van der Waals surface area contributed by atoms with Gasteiger partial charge < -0.3 is 33.2 Å². The average Bonchev–Trinajstić information content (AvgIpc) is 3.14. The van der Waals surface area contributed by atoms with Crippen molar-refractivity contribution in [2.24, 2.45) is 0 Å². The molecule has 3 aromatic rings. The van der Waals surface area contributed by atoms with Crippen LogP contribution in [0.1, 0.15) is 47.2 Å². The van der Waals surface area contributed by atoms with Crippen LogP contribution in [0, 0.1) is 6.92 Å². The Balaban J connectivity index is 1.50. The Kier molecular flexibility index (Phi) is 16.9. The molecule has 0 bridgehead atoms. The molecule has 0 spiro atoms. The zero-order valence-electron chi connectivity index (χ0n) is 29.0. The number of thioether (sulfide) groups is 1. The minimum Gasteiger partial charge on any atom is -0.493 e. The van der Waals surface area contributed by atoms with Crippen LogP contribution < -0.4 is 23.7 Å². The topological polar surface area (TPSA) is 133 Å². The normalized spacial score (nSPS) is 10.6. The minimum atomic E-state index is -0.582. The lowest BCUT2D eigenvalue weighted by Crippen LogP contribution is -2.09. The molecule has 0 N–H and O–H groups in total. The van der Waals surface area contributed by atoms with Gasteiger partial charge in [0.25, 0.3) is 0 Å². The van der Waals surface area contributed by atoms with Gasteiger partial charge in [-0.05, 0) is 110 Å². The van der Waals surface area contributed by atoms with E-state index in [4.69, 9.17) is 33.2 Å². The first-order valence-electron chi connectivity index (χ1n) is 16.1. The highest BCUT2D eigenvalue weighted by molar-refractivity contribution is 8.14. The van der Waals surface area contributed by atoms with Crippen LogP contribution in [0.25, 0.3) is 6.08 Å². The van der Waals surface area contributed by atoms with E-state index < -0.39 is 17.9 Å². The Morgan fingerprint density at radius 1 is 0.686 bits per heavy atom. The molecule has 0 amide bonds. The quantitative estimate of drug-likeness (QED) is 0.0359. The van der Waals surface area contributed by atoms with Crippen LogP contribution in [0.2, 0.25) is 0 Å². The minimum absolute atomic E-state index is 0.190. The SMILES string of the molecule is C=CC(=O)OCCCCOc1ccc(/C=C/C(=O)Sc2ccc(OC(=O)c3ccc(OCCCCOC(=O)C=C)c(OC)c3)cc2C)cc1OC. The number of aryl methyl sites for hydroxylation is 1. The van der Waals surface area contributed by atoms with Gasteiger partial charge >= 0.3 is 17.9 Å². The lowest BCUT2D eigenvalue weighted by atomic mass is 10.2. The van der Waals surface area contributed by atoms with Gasteiger partial charge in [0.05, 0.1) is 46.2 Å². The largest absolute Gasteiger partial charge is 0.493 e. The number of carbonyl (C=O) groups is 4. The highest BCUT2D eigenvalue weighted by Crippen LogP contribution is 2.32. The third-order valence-electron chi connectivity index (χ3n) is 6.98. The van der Waals surface area contributed by atoms with Crippen LogP contribution in [0.15, 0.2) is 90.9 Å². The fraction of sp³-hybridized carbons (Fsp3) is 0.282. The first-order chi connectivity index (χ1) is 24.7. The second-order valence-corrected chi connectivity index (χ2v) is 11.7. The van der Waals surface area contributed by atoms with Crippen molar-refractivity contribution in [1.82, 2.24) is 0 Å². The molecule has 0 radical (unpaired) electrons. The summed E-state index contributed by atoms with van der Waals surface area (Å²) in [7, 11) is 3.01. The second kappa shape index (κ2) is 21.6. The summed E-state index contributed by atoms with van der Waals surface area (Å²) in [6.07, 6.45) is 8.01. The molecule has 12 heteroatoms. The Bertz CT molecular complexity index is 1710. The van der Waals surface area contributed by atoms with E-state index in [2.05, 4.69) is 13.2 Å². The van der Waals surface area contributed by atoms with Crippen molar-refractivity contribution in [1.29, 1.82) is 0 Å². The van der Waals surface area contributed by atoms with Crippen LogP contribution in [-0.2, 0) is 23.9 Å². The summed E-state index contributed by atoms with van der Waals surface area (Å²) in [5.74, 6) is 0.755. The van der Waals surface area contributed by atoms with Gasteiger partial charge in [-0.3, -0.25) is 4.79 Å². The number of unbranched alkanes of at least 4 members (excludes halogenated alkanes) is 2. The summed E-state index contributed by atoms with van der Waals surface area (Å²) in [4.78, 5) is 48.6. The van der Waals surface area contributed by atoms with E-state index >= 15 is 0 Å². The standard InChI is InChI=1S/C39H42O11S/c1-6-36(40)48-22-10-8-20-46-31-16-12-28(25-33(31)44-4)13-19-38(42)51-35-18-15-30(24-27(35)3)50-39(43)29-14-17-32(34(26-29)45-5)47-21-9-11-23-49-37(41)7-2/h6-7,12-19,24-26H,1-2,8-11,20-23H2,3-5H3/b19-13+. The molecule has 0 aromatic heterocycles. The highest BCUT2D eigenvalue weighted by atomic mass is 32.2. The number of benzene rings is 3. The van der Waals surface area contributed by atoms with Gasteiger partial charge in [0.15, 0.2) is 23.0 Å². The van der Waals surface area contributed by atoms with Gasteiger partial charge in [0.2, 0.25) is 5.12 Å². The van der Waals surface area contributed by atoms with E-state index in [-0.39, 0.29) is 17.3 Å². The van der Waals surface area contributed by atoms with E-state index in [0.29, 0.717) is 79.1 Å². The molecule has 0 saturated heterocycles. The lowest BCUT2D eigenvalue weighted by Gasteiger charge is -2.12. The van der Waals surface area contributed by atoms with Gasteiger partial charge in [0.1, 0.15) is 5.75 Å². The monoisotopic (exact) mass is 718 g/mol. The fourth-order valence-corrected chi connectivity index (χ4v) is 5.04. The molecule has 0 saturated carbocycles. The predicted octanol–water partition coefficient (Wildman–Crippen LogP) is 7.34. The number of esters is 3. The maximum absolute atomic E-state index is 12.9. The summed E-state index contributed by atoms with van der Waals surface area (Å²) >= 11 is 1.05.